The van der Waals surface area contributed by atoms with Gasteiger partial charge in [-0.3, -0.25) is 9.69 Å². The molecular formula is C13H17NO2. The Kier molecular flexibility index (Phi) is 3.70. The Balaban J connectivity index is 1.89. The molecule has 3 heteroatoms. The molecule has 86 valence electrons. The number of ketones is 1. The van der Waals surface area contributed by atoms with Crippen molar-refractivity contribution in [3.63, 3.8) is 0 Å². The van der Waals surface area contributed by atoms with E-state index in [2.05, 4.69) is 4.90 Å². The number of hydrogen-bond donors (Lipinski definition) is 1. The van der Waals surface area contributed by atoms with Crippen molar-refractivity contribution in [2.75, 3.05) is 26.2 Å². The summed E-state index contributed by atoms with van der Waals surface area (Å²) in [5.41, 5.74) is 0.773. The minimum atomic E-state index is 0.166. The second-order valence-corrected chi connectivity index (χ2v) is 4.36. The van der Waals surface area contributed by atoms with E-state index in [4.69, 9.17) is 5.11 Å². The molecule has 0 saturated carbocycles. The van der Waals surface area contributed by atoms with E-state index in [0.717, 1.165) is 25.1 Å². The van der Waals surface area contributed by atoms with E-state index < -0.39 is 0 Å². The molecule has 1 aromatic rings. The van der Waals surface area contributed by atoms with Crippen LogP contribution in [0.2, 0.25) is 0 Å². The summed E-state index contributed by atoms with van der Waals surface area (Å²) < 4.78 is 0. The molecule has 1 aromatic carbocycles. The number of nitrogens with zero attached hydrogens (tertiary/aromatic N) is 1. The van der Waals surface area contributed by atoms with Gasteiger partial charge in [-0.2, -0.15) is 0 Å². The summed E-state index contributed by atoms with van der Waals surface area (Å²) in [5, 5.41) is 9.02. The average Bonchev–Trinajstić information content (AvgIpc) is 2.78. The second-order valence-electron chi connectivity index (χ2n) is 4.36. The highest BCUT2D eigenvalue weighted by Crippen LogP contribution is 2.15. The molecule has 1 unspecified atom stereocenters. The number of rotatable bonds is 4. The van der Waals surface area contributed by atoms with Gasteiger partial charge in [0.2, 0.25) is 0 Å². The Labute approximate surface area is 95.7 Å². The smallest absolute Gasteiger partial charge is 0.176 e. The van der Waals surface area contributed by atoms with Crippen molar-refractivity contribution in [3.05, 3.63) is 35.9 Å². The van der Waals surface area contributed by atoms with Gasteiger partial charge < -0.3 is 5.11 Å². The predicted molar refractivity (Wildman–Crippen MR) is 62.4 cm³/mol. The van der Waals surface area contributed by atoms with Gasteiger partial charge in [0.05, 0.1) is 6.54 Å². The van der Waals surface area contributed by atoms with E-state index >= 15 is 0 Å². The Morgan fingerprint density at radius 1 is 1.38 bits per heavy atom. The maximum absolute atomic E-state index is 11.9. The van der Waals surface area contributed by atoms with Crippen LogP contribution in [0.5, 0.6) is 0 Å². The van der Waals surface area contributed by atoms with Crippen LogP contribution in [-0.4, -0.2) is 42.0 Å². The zero-order chi connectivity index (χ0) is 11.4. The molecule has 1 fully saturated rings. The third kappa shape index (κ3) is 2.68. The highest BCUT2D eigenvalue weighted by molar-refractivity contribution is 5.97. The molecule has 0 aromatic heterocycles. The largest absolute Gasteiger partial charge is 0.396 e. The maximum Gasteiger partial charge on any atom is 0.176 e. The molecule has 0 bridgehead atoms. The minimum Gasteiger partial charge on any atom is -0.396 e. The Hall–Kier alpha value is -1.19. The van der Waals surface area contributed by atoms with Crippen LogP contribution < -0.4 is 0 Å². The normalized spacial score (nSPS) is 21.2. The van der Waals surface area contributed by atoms with E-state index in [9.17, 15) is 4.79 Å². The molecule has 1 heterocycles. The van der Waals surface area contributed by atoms with E-state index in [1.54, 1.807) is 0 Å². The molecule has 1 aliphatic heterocycles. The highest BCUT2D eigenvalue weighted by atomic mass is 16.3. The molecule has 0 spiro atoms. The summed E-state index contributed by atoms with van der Waals surface area (Å²) in [4.78, 5) is 14.0. The molecule has 0 radical (unpaired) electrons. The first-order valence-corrected chi connectivity index (χ1v) is 5.71. The number of aliphatic hydroxyl groups is 1. The van der Waals surface area contributed by atoms with Crippen LogP contribution in [-0.2, 0) is 0 Å². The lowest BCUT2D eigenvalue weighted by Gasteiger charge is -2.14. The van der Waals surface area contributed by atoms with Gasteiger partial charge in [-0.05, 0) is 18.9 Å². The third-order valence-corrected chi connectivity index (χ3v) is 3.09. The van der Waals surface area contributed by atoms with Crippen LogP contribution >= 0.6 is 0 Å². The Morgan fingerprint density at radius 3 is 2.75 bits per heavy atom. The molecule has 0 amide bonds. The summed E-state index contributed by atoms with van der Waals surface area (Å²) in [6, 6.07) is 9.37. The van der Waals surface area contributed by atoms with Crippen molar-refractivity contribution in [3.8, 4) is 0 Å². The van der Waals surface area contributed by atoms with Gasteiger partial charge in [-0.25, -0.2) is 0 Å². The average molecular weight is 219 g/mol. The second kappa shape index (κ2) is 5.23. The Morgan fingerprint density at radius 2 is 2.12 bits per heavy atom. The van der Waals surface area contributed by atoms with Crippen LogP contribution in [0.25, 0.3) is 0 Å². The topological polar surface area (TPSA) is 40.5 Å². The lowest BCUT2D eigenvalue weighted by Crippen LogP contribution is -2.28. The Bertz CT molecular complexity index is 350. The summed E-state index contributed by atoms with van der Waals surface area (Å²) in [7, 11) is 0. The lowest BCUT2D eigenvalue weighted by molar-refractivity contribution is 0.0940. The third-order valence-electron chi connectivity index (χ3n) is 3.09. The van der Waals surface area contributed by atoms with E-state index in [0.29, 0.717) is 12.5 Å². The number of hydrogen-bond acceptors (Lipinski definition) is 3. The zero-order valence-corrected chi connectivity index (χ0v) is 9.30. The molecule has 1 aliphatic rings. The number of carbonyl (C=O) groups is 1. The van der Waals surface area contributed by atoms with Crippen molar-refractivity contribution in [1.29, 1.82) is 0 Å². The van der Waals surface area contributed by atoms with Crippen molar-refractivity contribution < 1.29 is 9.90 Å². The number of Topliss-reactive ketones (excluding diaryl/α,β-unsaturated/α-hetero) is 1. The van der Waals surface area contributed by atoms with Gasteiger partial charge in [0.1, 0.15) is 0 Å². The van der Waals surface area contributed by atoms with Crippen molar-refractivity contribution in [2.24, 2.45) is 5.92 Å². The fourth-order valence-corrected chi connectivity index (χ4v) is 2.12. The maximum atomic E-state index is 11.9. The lowest BCUT2D eigenvalue weighted by atomic mass is 10.1. The first kappa shape index (κ1) is 11.3. The van der Waals surface area contributed by atoms with Gasteiger partial charge in [0.25, 0.3) is 0 Å². The standard InChI is InChI=1S/C13H17NO2/c15-10-11-6-7-14(8-11)9-13(16)12-4-2-1-3-5-12/h1-5,11,15H,6-10H2. The number of likely N-dealkylation sites (tertiary alicyclic amines) is 1. The van der Waals surface area contributed by atoms with E-state index in [1.165, 1.54) is 0 Å². The predicted octanol–water partition coefficient (Wildman–Crippen LogP) is 1.18. The van der Waals surface area contributed by atoms with Crippen molar-refractivity contribution in [2.45, 2.75) is 6.42 Å². The molecule has 1 N–H and O–H groups in total. The molecule has 3 nitrogen and oxygen atoms in total. The molecule has 0 aliphatic carbocycles. The summed E-state index contributed by atoms with van der Waals surface area (Å²) in [6.45, 7) is 2.47. The number of carbonyl (C=O) groups excluding carboxylic acids is 1. The van der Waals surface area contributed by atoms with Crippen LogP contribution in [0, 0.1) is 5.92 Å². The van der Waals surface area contributed by atoms with Gasteiger partial charge >= 0.3 is 0 Å². The first-order chi connectivity index (χ1) is 7.79. The quantitative estimate of drug-likeness (QED) is 0.773. The van der Waals surface area contributed by atoms with E-state index in [-0.39, 0.29) is 12.4 Å². The molecule has 1 saturated heterocycles. The number of aliphatic hydroxyl groups excluding tert-OH is 1. The van der Waals surface area contributed by atoms with Crippen molar-refractivity contribution >= 4 is 5.78 Å². The fourth-order valence-electron chi connectivity index (χ4n) is 2.12. The van der Waals surface area contributed by atoms with E-state index in [1.807, 2.05) is 30.3 Å². The van der Waals surface area contributed by atoms with Gasteiger partial charge in [0, 0.05) is 18.7 Å². The molecule has 16 heavy (non-hydrogen) atoms. The van der Waals surface area contributed by atoms with Gasteiger partial charge in [0.15, 0.2) is 5.78 Å². The zero-order valence-electron chi connectivity index (χ0n) is 9.30. The van der Waals surface area contributed by atoms with Crippen LogP contribution in [0.1, 0.15) is 16.8 Å². The van der Waals surface area contributed by atoms with Crippen LogP contribution in [0.3, 0.4) is 0 Å². The highest BCUT2D eigenvalue weighted by Gasteiger charge is 2.23. The van der Waals surface area contributed by atoms with Gasteiger partial charge in [-0.1, -0.05) is 30.3 Å². The van der Waals surface area contributed by atoms with Crippen LogP contribution in [0.15, 0.2) is 30.3 Å². The molecule has 2 rings (SSSR count). The monoisotopic (exact) mass is 219 g/mol. The first-order valence-electron chi connectivity index (χ1n) is 5.71. The molecule has 1 atom stereocenters. The SMILES string of the molecule is O=C(CN1CCC(CO)C1)c1ccccc1. The summed E-state index contributed by atoms with van der Waals surface area (Å²) in [6.07, 6.45) is 0.999. The van der Waals surface area contributed by atoms with Crippen molar-refractivity contribution in [1.82, 2.24) is 4.90 Å². The van der Waals surface area contributed by atoms with Gasteiger partial charge in [-0.15, -0.1) is 0 Å². The minimum absolute atomic E-state index is 0.166. The number of benzene rings is 1. The van der Waals surface area contributed by atoms with Crippen LogP contribution in [0.4, 0.5) is 0 Å². The summed E-state index contributed by atoms with van der Waals surface area (Å²) in [5.74, 6) is 0.516. The fraction of sp³-hybridized carbons (Fsp3) is 0.462. The molecular weight excluding hydrogens is 202 g/mol. The summed E-state index contributed by atoms with van der Waals surface area (Å²) >= 11 is 0.